The van der Waals surface area contributed by atoms with Crippen LogP contribution in [0.25, 0.3) is 32.4 Å². The number of halogens is 1. The molecule has 1 amide bonds. The molecule has 5 aromatic rings. The molecular formula is C27H23FN4OS. The molecule has 0 unspecified atom stereocenters. The molecule has 5 rings (SSSR count). The van der Waals surface area contributed by atoms with Gasteiger partial charge in [0.25, 0.3) is 5.91 Å². The van der Waals surface area contributed by atoms with Gasteiger partial charge in [-0.3, -0.25) is 9.69 Å². The number of para-hydroxylation sites is 2. The van der Waals surface area contributed by atoms with Crippen LogP contribution in [-0.4, -0.2) is 48.0 Å². The van der Waals surface area contributed by atoms with Gasteiger partial charge in [-0.1, -0.05) is 65.9 Å². The predicted molar refractivity (Wildman–Crippen MR) is 137 cm³/mol. The Hall–Kier alpha value is -3.68. The van der Waals surface area contributed by atoms with Crippen LogP contribution in [0.3, 0.4) is 0 Å². The van der Waals surface area contributed by atoms with Crippen LogP contribution in [0.1, 0.15) is 10.4 Å². The third-order valence-corrected chi connectivity index (χ3v) is 6.67. The second-order valence-electron chi connectivity index (χ2n) is 8.28. The third-order valence-electron chi connectivity index (χ3n) is 5.62. The lowest BCUT2D eigenvalue weighted by atomic mass is 10.0. The highest BCUT2D eigenvalue weighted by Gasteiger charge is 2.24. The maximum absolute atomic E-state index is 14.4. The Morgan fingerprint density at radius 1 is 0.912 bits per heavy atom. The van der Waals surface area contributed by atoms with Crippen LogP contribution in [0.5, 0.6) is 0 Å². The zero-order valence-electron chi connectivity index (χ0n) is 18.9. The average molecular weight is 471 g/mol. The lowest BCUT2D eigenvalue weighted by Crippen LogP contribution is -2.37. The van der Waals surface area contributed by atoms with Crippen LogP contribution in [0.2, 0.25) is 0 Å². The van der Waals surface area contributed by atoms with E-state index in [1.165, 1.54) is 17.4 Å². The number of anilines is 1. The molecule has 0 N–H and O–H groups in total. The molecule has 0 aliphatic heterocycles. The summed E-state index contributed by atoms with van der Waals surface area (Å²) < 4.78 is 15.1. The first-order valence-corrected chi connectivity index (χ1v) is 11.8. The van der Waals surface area contributed by atoms with E-state index in [4.69, 9.17) is 4.98 Å². The van der Waals surface area contributed by atoms with Crippen molar-refractivity contribution in [1.82, 2.24) is 14.9 Å². The molecule has 0 spiro atoms. The van der Waals surface area contributed by atoms with Gasteiger partial charge in [-0.25, -0.2) is 14.4 Å². The maximum atomic E-state index is 14.4. The van der Waals surface area contributed by atoms with E-state index in [1.807, 2.05) is 85.7 Å². The number of pyridine rings is 1. The van der Waals surface area contributed by atoms with E-state index >= 15 is 0 Å². The Morgan fingerprint density at radius 2 is 1.68 bits per heavy atom. The Labute approximate surface area is 201 Å². The third kappa shape index (κ3) is 4.27. The number of hydrogen-bond acceptors (Lipinski definition) is 5. The number of likely N-dealkylation sites (N-methyl/N-ethyl adjacent to an activating group) is 1. The highest BCUT2D eigenvalue weighted by molar-refractivity contribution is 7.22. The van der Waals surface area contributed by atoms with E-state index in [1.54, 1.807) is 11.0 Å². The predicted octanol–water partition coefficient (Wildman–Crippen LogP) is 5.86. The SMILES string of the molecule is CN(C)CCN(C(=O)c1cc(-c2ccccc2)nc2ccccc12)c1nc2c(F)cccc2s1. The maximum Gasteiger partial charge on any atom is 0.260 e. The summed E-state index contributed by atoms with van der Waals surface area (Å²) in [4.78, 5) is 27.0. The van der Waals surface area contributed by atoms with Gasteiger partial charge >= 0.3 is 0 Å². The number of carbonyl (C=O) groups is 1. The topological polar surface area (TPSA) is 49.3 Å². The summed E-state index contributed by atoms with van der Waals surface area (Å²) in [5.74, 6) is -0.571. The van der Waals surface area contributed by atoms with Gasteiger partial charge in [-0.05, 0) is 38.4 Å². The minimum Gasteiger partial charge on any atom is -0.308 e. The van der Waals surface area contributed by atoms with E-state index in [0.29, 0.717) is 28.5 Å². The molecule has 7 heteroatoms. The van der Waals surface area contributed by atoms with Crippen LogP contribution in [0, 0.1) is 5.82 Å². The molecule has 0 fully saturated rings. The number of nitrogens with zero attached hydrogens (tertiary/aromatic N) is 4. The lowest BCUT2D eigenvalue weighted by molar-refractivity contribution is 0.0986. The number of fused-ring (bicyclic) bond motifs is 2. The first-order valence-electron chi connectivity index (χ1n) is 11.0. The molecule has 0 atom stereocenters. The van der Waals surface area contributed by atoms with Gasteiger partial charge in [0.1, 0.15) is 11.3 Å². The zero-order chi connectivity index (χ0) is 23.7. The van der Waals surface area contributed by atoms with Gasteiger partial charge in [0.2, 0.25) is 0 Å². The summed E-state index contributed by atoms with van der Waals surface area (Å²) in [7, 11) is 3.91. The summed E-state index contributed by atoms with van der Waals surface area (Å²) in [5, 5.41) is 1.25. The summed E-state index contributed by atoms with van der Waals surface area (Å²) in [6.07, 6.45) is 0. The van der Waals surface area contributed by atoms with Crippen molar-refractivity contribution < 1.29 is 9.18 Å². The molecule has 0 bridgehead atoms. The van der Waals surface area contributed by atoms with E-state index in [0.717, 1.165) is 22.2 Å². The molecule has 34 heavy (non-hydrogen) atoms. The molecule has 2 aromatic heterocycles. The summed E-state index contributed by atoms with van der Waals surface area (Å²) >= 11 is 1.32. The normalized spacial score (nSPS) is 11.4. The average Bonchev–Trinajstić information content (AvgIpc) is 3.29. The van der Waals surface area contributed by atoms with Crippen molar-refractivity contribution in [3.63, 3.8) is 0 Å². The van der Waals surface area contributed by atoms with E-state index in [-0.39, 0.29) is 17.2 Å². The van der Waals surface area contributed by atoms with Gasteiger partial charge in [-0.15, -0.1) is 0 Å². The van der Waals surface area contributed by atoms with Crippen molar-refractivity contribution in [3.05, 3.63) is 90.2 Å². The quantitative estimate of drug-likeness (QED) is 0.312. The van der Waals surface area contributed by atoms with Crippen LogP contribution in [-0.2, 0) is 0 Å². The zero-order valence-corrected chi connectivity index (χ0v) is 19.7. The Morgan fingerprint density at radius 3 is 2.44 bits per heavy atom. The molecule has 170 valence electrons. The molecule has 5 nitrogen and oxygen atoms in total. The molecule has 0 radical (unpaired) electrons. The smallest absolute Gasteiger partial charge is 0.260 e. The molecule has 0 saturated heterocycles. The number of amides is 1. The van der Waals surface area contributed by atoms with E-state index in [2.05, 4.69) is 4.98 Å². The first-order chi connectivity index (χ1) is 16.5. The minimum absolute atomic E-state index is 0.183. The second-order valence-corrected chi connectivity index (χ2v) is 9.29. The van der Waals surface area contributed by atoms with Gasteiger partial charge in [0, 0.05) is 24.0 Å². The summed E-state index contributed by atoms with van der Waals surface area (Å²) in [6, 6.07) is 24.2. The van der Waals surface area contributed by atoms with Crippen molar-refractivity contribution in [2.45, 2.75) is 0 Å². The largest absolute Gasteiger partial charge is 0.308 e. The van der Waals surface area contributed by atoms with Crippen LogP contribution >= 0.6 is 11.3 Å². The minimum atomic E-state index is -0.388. The fraction of sp³-hybridized carbons (Fsp3) is 0.148. The van der Waals surface area contributed by atoms with Gasteiger partial charge in [0.05, 0.1) is 21.5 Å². The highest BCUT2D eigenvalue weighted by Crippen LogP contribution is 2.33. The second kappa shape index (κ2) is 9.29. The Bertz CT molecular complexity index is 1480. The summed E-state index contributed by atoms with van der Waals surface area (Å²) in [5.41, 5.74) is 3.24. The molecule has 0 saturated carbocycles. The van der Waals surface area contributed by atoms with E-state index < -0.39 is 0 Å². The fourth-order valence-electron chi connectivity index (χ4n) is 3.86. The van der Waals surface area contributed by atoms with Crippen molar-refractivity contribution in [3.8, 4) is 11.3 Å². The van der Waals surface area contributed by atoms with E-state index in [9.17, 15) is 9.18 Å². The highest BCUT2D eigenvalue weighted by atomic mass is 32.1. The molecule has 0 aliphatic carbocycles. The number of hydrogen-bond donors (Lipinski definition) is 0. The molecule has 0 aliphatic rings. The van der Waals surface area contributed by atoms with Crippen molar-refractivity contribution in [2.24, 2.45) is 0 Å². The van der Waals surface area contributed by atoms with Crippen LogP contribution in [0.15, 0.2) is 78.9 Å². The Balaban J connectivity index is 1.65. The number of rotatable bonds is 6. The van der Waals surface area contributed by atoms with Gasteiger partial charge < -0.3 is 4.90 Å². The fourth-order valence-corrected chi connectivity index (χ4v) is 4.86. The molecular weight excluding hydrogens is 447 g/mol. The standard InChI is InChI=1S/C27H23FN4OS/c1-31(2)15-16-32(27-30-25-21(28)12-8-14-24(25)34-27)26(33)20-17-23(18-9-4-3-5-10-18)29-22-13-7-6-11-19(20)22/h3-14,17H,15-16H2,1-2H3. The van der Waals surface area contributed by atoms with Crippen molar-refractivity contribution in [2.75, 3.05) is 32.1 Å². The van der Waals surface area contributed by atoms with Crippen LogP contribution < -0.4 is 4.90 Å². The van der Waals surface area contributed by atoms with Crippen LogP contribution in [0.4, 0.5) is 9.52 Å². The first kappa shape index (κ1) is 22.1. The number of carbonyl (C=O) groups excluding carboxylic acids is 1. The van der Waals surface area contributed by atoms with Gasteiger partial charge in [0.15, 0.2) is 5.13 Å². The lowest BCUT2D eigenvalue weighted by Gasteiger charge is -2.23. The number of aromatic nitrogens is 2. The monoisotopic (exact) mass is 470 g/mol. The van der Waals surface area contributed by atoms with Crippen molar-refractivity contribution >= 4 is 43.5 Å². The molecule has 3 aromatic carbocycles. The number of thiazole rings is 1. The molecule has 2 heterocycles. The van der Waals surface area contributed by atoms with Crippen molar-refractivity contribution in [1.29, 1.82) is 0 Å². The number of benzene rings is 3. The summed E-state index contributed by atoms with van der Waals surface area (Å²) in [6.45, 7) is 1.06. The Kier molecular flexibility index (Phi) is 6.04. The van der Waals surface area contributed by atoms with Gasteiger partial charge in [-0.2, -0.15) is 0 Å².